The number of piperidine rings is 1. The number of nitrogens with one attached hydrogen (secondary N) is 1. The Balaban J connectivity index is 1.50. The molecule has 1 aliphatic heterocycles. The second kappa shape index (κ2) is 7.64. The van der Waals surface area contributed by atoms with Crippen LogP contribution in [0.4, 0.5) is 9.52 Å². The molecular weight excluding hydrogens is 365 g/mol. The van der Waals surface area contributed by atoms with Crippen LogP contribution >= 0.6 is 11.3 Å². The van der Waals surface area contributed by atoms with Crippen molar-refractivity contribution in [3.05, 3.63) is 36.3 Å². The lowest BCUT2D eigenvalue weighted by Crippen LogP contribution is -2.43. The van der Waals surface area contributed by atoms with Crippen LogP contribution in [0.3, 0.4) is 0 Å². The number of nitrogens with zero attached hydrogens (tertiary/aromatic N) is 4. The van der Waals surface area contributed by atoms with E-state index in [0.717, 1.165) is 53.7 Å². The lowest BCUT2D eigenvalue weighted by Gasteiger charge is -2.31. The highest BCUT2D eigenvalue weighted by atomic mass is 32.1. The van der Waals surface area contributed by atoms with Crippen molar-refractivity contribution in [3.63, 3.8) is 0 Å². The van der Waals surface area contributed by atoms with Crippen LogP contribution in [-0.2, 0) is 4.79 Å². The van der Waals surface area contributed by atoms with Crippen molar-refractivity contribution in [2.24, 2.45) is 5.92 Å². The van der Waals surface area contributed by atoms with Gasteiger partial charge in [-0.15, -0.1) is 5.10 Å². The van der Waals surface area contributed by atoms with Gasteiger partial charge < -0.3 is 10.2 Å². The van der Waals surface area contributed by atoms with Gasteiger partial charge in [0.1, 0.15) is 5.82 Å². The van der Waals surface area contributed by atoms with Gasteiger partial charge >= 0.3 is 0 Å². The fourth-order valence-corrected chi connectivity index (χ4v) is 4.25. The van der Waals surface area contributed by atoms with Crippen molar-refractivity contribution in [2.75, 3.05) is 24.5 Å². The van der Waals surface area contributed by atoms with Crippen molar-refractivity contribution in [1.29, 1.82) is 0 Å². The van der Waals surface area contributed by atoms with Crippen molar-refractivity contribution in [2.45, 2.75) is 26.2 Å². The summed E-state index contributed by atoms with van der Waals surface area (Å²) in [5.74, 6) is -0.111. The van der Waals surface area contributed by atoms with Gasteiger partial charge in [-0.25, -0.2) is 13.9 Å². The molecule has 1 amide bonds. The largest absolute Gasteiger partial charge is 0.356 e. The summed E-state index contributed by atoms with van der Waals surface area (Å²) < 4.78 is 14.9. The number of fused-ring (bicyclic) bond motifs is 1. The molecule has 1 atom stereocenters. The Morgan fingerprint density at radius 1 is 1.37 bits per heavy atom. The number of carbonyl (C=O) groups is 1. The summed E-state index contributed by atoms with van der Waals surface area (Å²) in [7, 11) is 0. The van der Waals surface area contributed by atoms with Crippen LogP contribution in [0.2, 0.25) is 0 Å². The predicted octanol–water partition coefficient (Wildman–Crippen LogP) is 3.34. The Labute approximate surface area is 161 Å². The molecule has 0 radical (unpaired) electrons. The molecule has 4 rings (SSSR count). The topological polar surface area (TPSA) is 62.5 Å². The van der Waals surface area contributed by atoms with Gasteiger partial charge in [-0.3, -0.25) is 4.79 Å². The van der Waals surface area contributed by atoms with E-state index in [9.17, 15) is 9.18 Å². The third-order valence-corrected chi connectivity index (χ3v) is 5.77. The first-order valence-corrected chi connectivity index (χ1v) is 10.1. The third kappa shape index (κ3) is 3.80. The van der Waals surface area contributed by atoms with Gasteiger partial charge in [0.25, 0.3) is 0 Å². The Bertz CT molecular complexity index is 904. The molecule has 0 aliphatic carbocycles. The first-order valence-electron chi connectivity index (χ1n) is 9.29. The molecule has 1 fully saturated rings. The molecule has 0 spiro atoms. The minimum Gasteiger partial charge on any atom is -0.356 e. The van der Waals surface area contributed by atoms with Gasteiger partial charge in [-0.05, 0) is 43.5 Å². The molecule has 0 unspecified atom stereocenters. The summed E-state index contributed by atoms with van der Waals surface area (Å²) in [6.45, 7) is 4.38. The number of hydrogen-bond donors (Lipinski definition) is 1. The fraction of sp³-hybridized carbons (Fsp3) is 0.421. The zero-order chi connectivity index (χ0) is 18.8. The number of amides is 1. The molecule has 2 aromatic heterocycles. The van der Waals surface area contributed by atoms with Crippen LogP contribution in [0.1, 0.15) is 26.2 Å². The maximum absolute atomic E-state index is 13.1. The maximum atomic E-state index is 13.1. The summed E-state index contributed by atoms with van der Waals surface area (Å²) in [6.07, 6.45) is 4.70. The average Bonchev–Trinajstić information content (AvgIpc) is 3.26. The van der Waals surface area contributed by atoms with Crippen molar-refractivity contribution in [3.8, 4) is 11.3 Å². The summed E-state index contributed by atoms with van der Waals surface area (Å²) in [6, 6.07) is 6.29. The third-order valence-electron chi connectivity index (χ3n) is 4.78. The second-order valence-electron chi connectivity index (χ2n) is 6.82. The van der Waals surface area contributed by atoms with E-state index < -0.39 is 0 Å². The predicted molar refractivity (Wildman–Crippen MR) is 104 cm³/mol. The number of anilines is 1. The first-order chi connectivity index (χ1) is 13.1. The second-order valence-corrected chi connectivity index (χ2v) is 7.76. The van der Waals surface area contributed by atoms with Gasteiger partial charge in [0.15, 0.2) is 0 Å². The highest BCUT2D eigenvalue weighted by molar-refractivity contribution is 7.20. The normalized spacial score (nSPS) is 17.4. The number of rotatable bonds is 5. The van der Waals surface area contributed by atoms with Gasteiger partial charge in [0.2, 0.25) is 16.0 Å². The quantitative estimate of drug-likeness (QED) is 0.729. The van der Waals surface area contributed by atoms with E-state index in [0.29, 0.717) is 6.54 Å². The molecule has 1 aliphatic rings. The molecule has 3 aromatic rings. The summed E-state index contributed by atoms with van der Waals surface area (Å²) in [5.41, 5.74) is 1.64. The molecule has 0 saturated carbocycles. The molecule has 27 heavy (non-hydrogen) atoms. The van der Waals surface area contributed by atoms with Gasteiger partial charge in [-0.1, -0.05) is 18.3 Å². The van der Waals surface area contributed by atoms with Crippen LogP contribution < -0.4 is 10.2 Å². The number of hydrogen-bond acceptors (Lipinski definition) is 5. The monoisotopic (exact) mass is 387 g/mol. The van der Waals surface area contributed by atoms with Gasteiger partial charge in [0, 0.05) is 25.2 Å². The van der Waals surface area contributed by atoms with Crippen LogP contribution in [0.15, 0.2) is 30.5 Å². The highest BCUT2D eigenvalue weighted by Crippen LogP contribution is 2.29. The van der Waals surface area contributed by atoms with Crippen molar-refractivity contribution >= 4 is 27.3 Å². The number of imidazole rings is 1. The van der Waals surface area contributed by atoms with E-state index in [-0.39, 0.29) is 17.6 Å². The minimum absolute atomic E-state index is 0.0105. The van der Waals surface area contributed by atoms with Crippen molar-refractivity contribution < 1.29 is 9.18 Å². The Morgan fingerprint density at radius 2 is 2.19 bits per heavy atom. The molecule has 1 saturated heterocycles. The summed E-state index contributed by atoms with van der Waals surface area (Å²) in [5, 5.41) is 8.53. The van der Waals surface area contributed by atoms with E-state index in [1.807, 2.05) is 6.20 Å². The minimum atomic E-state index is -0.261. The van der Waals surface area contributed by atoms with E-state index in [1.54, 1.807) is 16.6 Å². The molecule has 142 valence electrons. The smallest absolute Gasteiger partial charge is 0.224 e. The standard InChI is InChI=1S/C19H22FN5OS/c1-2-9-21-17(26)14-4-3-10-24(11-14)19-23-25-12-16(22-18(25)27-19)13-5-7-15(20)8-6-13/h5-8,12,14H,2-4,9-11H2,1H3,(H,21,26)/t14-/m1/s1. The summed E-state index contributed by atoms with van der Waals surface area (Å²) >= 11 is 1.51. The number of halogens is 1. The Kier molecular flexibility index (Phi) is 5.07. The molecular formula is C19H22FN5OS. The maximum Gasteiger partial charge on any atom is 0.224 e. The fourth-order valence-electron chi connectivity index (χ4n) is 3.33. The van der Waals surface area contributed by atoms with Crippen LogP contribution in [0.25, 0.3) is 16.2 Å². The Morgan fingerprint density at radius 3 is 2.93 bits per heavy atom. The van der Waals surface area contributed by atoms with Crippen LogP contribution in [0.5, 0.6) is 0 Å². The first kappa shape index (κ1) is 17.9. The van der Waals surface area contributed by atoms with E-state index in [1.165, 1.54) is 23.5 Å². The van der Waals surface area contributed by atoms with Crippen LogP contribution in [0, 0.1) is 11.7 Å². The SMILES string of the molecule is CCCNC(=O)[C@@H]1CCCN(c2nn3cc(-c4ccc(F)cc4)nc3s2)C1. The van der Waals surface area contributed by atoms with E-state index in [2.05, 4.69) is 27.2 Å². The molecule has 3 heterocycles. The molecule has 0 bridgehead atoms. The van der Waals surface area contributed by atoms with Gasteiger partial charge in [-0.2, -0.15) is 0 Å². The zero-order valence-electron chi connectivity index (χ0n) is 15.2. The van der Waals surface area contributed by atoms with Crippen molar-refractivity contribution in [1.82, 2.24) is 19.9 Å². The highest BCUT2D eigenvalue weighted by Gasteiger charge is 2.27. The van der Waals surface area contributed by atoms with Crippen LogP contribution in [-0.4, -0.2) is 40.1 Å². The summed E-state index contributed by atoms with van der Waals surface area (Å²) in [4.78, 5) is 19.9. The number of carbonyl (C=O) groups excluding carboxylic acids is 1. The zero-order valence-corrected chi connectivity index (χ0v) is 16.0. The number of benzene rings is 1. The molecule has 1 N–H and O–H groups in total. The lowest BCUT2D eigenvalue weighted by atomic mass is 9.97. The molecule has 8 heteroatoms. The van der Waals surface area contributed by atoms with Gasteiger partial charge in [0.05, 0.1) is 17.8 Å². The van der Waals surface area contributed by atoms with E-state index in [4.69, 9.17) is 0 Å². The lowest BCUT2D eigenvalue weighted by molar-refractivity contribution is -0.125. The molecule has 1 aromatic carbocycles. The Hall–Kier alpha value is -2.48. The number of aromatic nitrogens is 3. The average molecular weight is 387 g/mol. The van der Waals surface area contributed by atoms with E-state index >= 15 is 0 Å². The molecule has 6 nitrogen and oxygen atoms in total.